The standard InChI is InChI=1S/C17H12N4O/c22-17(16-15-6-1-2-9-21(15)11-19-16)20-14-5-3-4-12-10-18-8-7-13(12)14/h1-11H,(H,20,22). The number of nitrogens with one attached hydrogen (secondary N) is 1. The normalized spacial score (nSPS) is 10.9. The van der Waals surface area contributed by atoms with Crippen LogP contribution in [-0.4, -0.2) is 20.3 Å². The van der Waals surface area contributed by atoms with Gasteiger partial charge in [0.25, 0.3) is 5.91 Å². The van der Waals surface area contributed by atoms with Gasteiger partial charge in [0.2, 0.25) is 0 Å². The number of carbonyl (C=O) groups is 1. The summed E-state index contributed by atoms with van der Waals surface area (Å²) in [4.78, 5) is 20.8. The van der Waals surface area contributed by atoms with Gasteiger partial charge in [0.05, 0.1) is 5.52 Å². The topological polar surface area (TPSA) is 59.3 Å². The summed E-state index contributed by atoms with van der Waals surface area (Å²) in [5.74, 6) is -0.224. The molecule has 4 rings (SSSR count). The predicted octanol–water partition coefficient (Wildman–Crippen LogP) is 3.13. The van der Waals surface area contributed by atoms with Gasteiger partial charge in [0.15, 0.2) is 5.69 Å². The molecule has 0 spiro atoms. The molecule has 0 saturated carbocycles. The summed E-state index contributed by atoms with van der Waals surface area (Å²) >= 11 is 0. The molecule has 22 heavy (non-hydrogen) atoms. The minimum Gasteiger partial charge on any atom is -0.320 e. The molecule has 0 bridgehead atoms. The number of carbonyl (C=O) groups excluding carboxylic acids is 1. The Kier molecular flexibility index (Phi) is 2.83. The third-order valence-corrected chi connectivity index (χ3v) is 3.59. The lowest BCUT2D eigenvalue weighted by Gasteiger charge is -2.07. The molecule has 4 aromatic rings. The maximum atomic E-state index is 12.5. The molecule has 0 unspecified atom stereocenters. The monoisotopic (exact) mass is 288 g/mol. The fraction of sp³-hybridized carbons (Fsp3) is 0. The van der Waals surface area contributed by atoms with Crippen molar-refractivity contribution >= 4 is 27.9 Å². The number of amides is 1. The van der Waals surface area contributed by atoms with Crippen LogP contribution < -0.4 is 5.32 Å². The van der Waals surface area contributed by atoms with Gasteiger partial charge < -0.3 is 9.72 Å². The molecule has 3 aromatic heterocycles. The van der Waals surface area contributed by atoms with Crippen LogP contribution in [0.3, 0.4) is 0 Å². The summed E-state index contributed by atoms with van der Waals surface area (Å²) in [6.07, 6.45) is 6.99. The van der Waals surface area contributed by atoms with Crippen molar-refractivity contribution in [3.63, 3.8) is 0 Å². The Balaban J connectivity index is 1.75. The second kappa shape index (κ2) is 4.96. The van der Waals surface area contributed by atoms with Crippen molar-refractivity contribution in [1.82, 2.24) is 14.4 Å². The van der Waals surface area contributed by atoms with Gasteiger partial charge in [-0.15, -0.1) is 0 Å². The molecular formula is C17H12N4O. The molecule has 0 atom stereocenters. The number of hydrogen-bond donors (Lipinski definition) is 1. The molecule has 0 fully saturated rings. The van der Waals surface area contributed by atoms with Crippen LogP contribution in [0.5, 0.6) is 0 Å². The van der Waals surface area contributed by atoms with Crippen LogP contribution in [0.2, 0.25) is 0 Å². The molecule has 5 heteroatoms. The van der Waals surface area contributed by atoms with Crippen molar-refractivity contribution in [2.45, 2.75) is 0 Å². The average Bonchev–Trinajstić information content (AvgIpc) is 2.99. The molecule has 5 nitrogen and oxygen atoms in total. The smallest absolute Gasteiger partial charge is 0.276 e. The molecule has 106 valence electrons. The number of rotatable bonds is 2. The number of benzene rings is 1. The lowest BCUT2D eigenvalue weighted by molar-refractivity contribution is 0.102. The van der Waals surface area contributed by atoms with E-state index in [0.29, 0.717) is 5.69 Å². The molecule has 0 saturated heterocycles. The zero-order valence-electron chi connectivity index (χ0n) is 11.6. The van der Waals surface area contributed by atoms with E-state index in [2.05, 4.69) is 15.3 Å². The number of imidazole rings is 1. The van der Waals surface area contributed by atoms with Crippen molar-refractivity contribution < 1.29 is 4.79 Å². The first-order valence-electron chi connectivity index (χ1n) is 6.89. The fourth-order valence-corrected chi connectivity index (χ4v) is 2.53. The van der Waals surface area contributed by atoms with Gasteiger partial charge in [0.1, 0.15) is 6.33 Å². The number of anilines is 1. The van der Waals surface area contributed by atoms with Gasteiger partial charge in [0, 0.05) is 35.1 Å². The van der Waals surface area contributed by atoms with Crippen molar-refractivity contribution in [2.75, 3.05) is 5.32 Å². The summed E-state index contributed by atoms with van der Waals surface area (Å²) in [6, 6.07) is 13.3. The first-order chi connectivity index (χ1) is 10.8. The van der Waals surface area contributed by atoms with E-state index in [-0.39, 0.29) is 5.91 Å². The lowest BCUT2D eigenvalue weighted by Crippen LogP contribution is -2.13. The van der Waals surface area contributed by atoms with Crippen molar-refractivity contribution in [2.24, 2.45) is 0 Å². The Morgan fingerprint density at radius 3 is 3.00 bits per heavy atom. The average molecular weight is 288 g/mol. The molecule has 1 amide bonds. The number of nitrogens with zero attached hydrogens (tertiary/aromatic N) is 3. The van der Waals surface area contributed by atoms with E-state index >= 15 is 0 Å². The maximum Gasteiger partial charge on any atom is 0.276 e. The highest BCUT2D eigenvalue weighted by molar-refractivity contribution is 6.11. The van der Waals surface area contributed by atoms with E-state index in [1.807, 2.05) is 53.1 Å². The highest BCUT2D eigenvalue weighted by atomic mass is 16.1. The third kappa shape index (κ3) is 2.00. The van der Waals surface area contributed by atoms with Gasteiger partial charge in [-0.3, -0.25) is 9.78 Å². The molecular weight excluding hydrogens is 276 g/mol. The minimum atomic E-state index is -0.224. The van der Waals surface area contributed by atoms with Crippen molar-refractivity contribution in [1.29, 1.82) is 0 Å². The Labute approximate surface area is 126 Å². The number of pyridine rings is 2. The van der Waals surface area contributed by atoms with Gasteiger partial charge in [-0.05, 0) is 24.3 Å². The first kappa shape index (κ1) is 12.5. The SMILES string of the molecule is O=C(Nc1cccc2cnccc12)c1ncn2ccccc12. The van der Waals surface area contributed by atoms with Gasteiger partial charge >= 0.3 is 0 Å². The molecule has 0 aliphatic heterocycles. The van der Waals surface area contributed by atoms with Gasteiger partial charge in [-0.1, -0.05) is 18.2 Å². The number of hydrogen-bond acceptors (Lipinski definition) is 3. The maximum absolute atomic E-state index is 12.5. The molecule has 1 aromatic carbocycles. The van der Waals surface area contributed by atoms with Gasteiger partial charge in [-0.2, -0.15) is 0 Å². The van der Waals surface area contributed by atoms with E-state index in [0.717, 1.165) is 22.0 Å². The highest BCUT2D eigenvalue weighted by Crippen LogP contribution is 2.23. The van der Waals surface area contributed by atoms with E-state index < -0.39 is 0 Å². The fourth-order valence-electron chi connectivity index (χ4n) is 2.53. The summed E-state index contributed by atoms with van der Waals surface area (Å²) in [7, 11) is 0. The van der Waals surface area contributed by atoms with Crippen LogP contribution in [-0.2, 0) is 0 Å². The quantitative estimate of drug-likeness (QED) is 0.616. The summed E-state index contributed by atoms with van der Waals surface area (Å²) in [5, 5.41) is 4.87. The van der Waals surface area contributed by atoms with Crippen molar-refractivity contribution in [3.05, 3.63) is 73.1 Å². The first-order valence-corrected chi connectivity index (χ1v) is 6.89. The Bertz CT molecular complexity index is 985. The number of aromatic nitrogens is 3. The second-order valence-corrected chi connectivity index (χ2v) is 4.94. The highest BCUT2D eigenvalue weighted by Gasteiger charge is 2.14. The van der Waals surface area contributed by atoms with Crippen LogP contribution in [0.1, 0.15) is 10.5 Å². The minimum absolute atomic E-state index is 0.224. The van der Waals surface area contributed by atoms with Crippen LogP contribution in [0.15, 0.2) is 67.4 Å². The van der Waals surface area contributed by atoms with E-state index in [1.165, 1.54) is 0 Å². The summed E-state index contributed by atoms with van der Waals surface area (Å²) in [5.41, 5.74) is 1.94. The molecule has 0 aliphatic carbocycles. The largest absolute Gasteiger partial charge is 0.320 e. The van der Waals surface area contributed by atoms with Crippen LogP contribution in [0.25, 0.3) is 16.3 Å². The Morgan fingerprint density at radius 1 is 1.09 bits per heavy atom. The van der Waals surface area contributed by atoms with Crippen LogP contribution in [0, 0.1) is 0 Å². The summed E-state index contributed by atoms with van der Waals surface area (Å²) < 4.78 is 1.82. The molecule has 0 aliphatic rings. The zero-order valence-corrected chi connectivity index (χ0v) is 11.6. The van der Waals surface area contributed by atoms with E-state index in [1.54, 1.807) is 18.7 Å². The van der Waals surface area contributed by atoms with Crippen molar-refractivity contribution in [3.8, 4) is 0 Å². The van der Waals surface area contributed by atoms with Gasteiger partial charge in [-0.25, -0.2) is 4.98 Å². The molecule has 3 heterocycles. The zero-order chi connectivity index (χ0) is 14.9. The number of fused-ring (bicyclic) bond motifs is 2. The van der Waals surface area contributed by atoms with E-state index in [9.17, 15) is 4.79 Å². The molecule has 1 N–H and O–H groups in total. The van der Waals surface area contributed by atoms with Crippen LogP contribution >= 0.6 is 0 Å². The predicted molar refractivity (Wildman–Crippen MR) is 84.9 cm³/mol. The van der Waals surface area contributed by atoms with Crippen LogP contribution in [0.4, 0.5) is 5.69 Å². The molecule has 0 radical (unpaired) electrons. The summed E-state index contributed by atoms with van der Waals surface area (Å²) in [6.45, 7) is 0. The third-order valence-electron chi connectivity index (χ3n) is 3.59. The second-order valence-electron chi connectivity index (χ2n) is 4.94. The van der Waals surface area contributed by atoms with E-state index in [4.69, 9.17) is 0 Å². The lowest BCUT2D eigenvalue weighted by atomic mass is 10.1. The Hall–Kier alpha value is -3.21. The Morgan fingerprint density at radius 2 is 2.05 bits per heavy atom.